The molecule has 2 N–H and O–H groups in total. The van der Waals surface area contributed by atoms with Gasteiger partial charge in [-0.15, -0.1) is 0 Å². The molecule has 0 saturated heterocycles. The Hall–Kier alpha value is -0.610. The Bertz CT molecular complexity index is 268. The van der Waals surface area contributed by atoms with Crippen LogP contribution >= 0.6 is 0 Å². The van der Waals surface area contributed by atoms with Crippen molar-refractivity contribution in [3.05, 3.63) is 0 Å². The van der Waals surface area contributed by atoms with Crippen LogP contribution in [-0.4, -0.2) is 35.5 Å². The van der Waals surface area contributed by atoms with Gasteiger partial charge in [-0.2, -0.15) is 0 Å². The minimum absolute atomic E-state index is 0.121. The Balaban J connectivity index is 3.25. The summed E-state index contributed by atoms with van der Waals surface area (Å²) >= 11 is 0. The van der Waals surface area contributed by atoms with Crippen LogP contribution in [-0.2, 0) is 9.53 Å². The van der Waals surface area contributed by atoms with Crippen molar-refractivity contribution in [2.45, 2.75) is 109 Å². The fourth-order valence-electron chi connectivity index (χ4n) is 2.74. The number of carbonyl (C=O) groups excluding carboxylic acids is 1. The number of aliphatic hydroxyl groups excluding tert-OH is 2. The molecule has 0 spiro atoms. The smallest absolute Gasteiger partial charge is 0.305 e. The normalized spacial score (nSPS) is 13.7. The second kappa shape index (κ2) is 16.3. The summed E-state index contributed by atoms with van der Waals surface area (Å²) in [6.45, 7) is 2.01. The van der Waals surface area contributed by atoms with Gasteiger partial charge >= 0.3 is 5.97 Å². The highest BCUT2D eigenvalue weighted by Crippen LogP contribution is 2.14. The van der Waals surface area contributed by atoms with E-state index in [1.807, 2.05) is 6.92 Å². The number of ether oxygens (including phenoxy) is 1. The fourth-order valence-corrected chi connectivity index (χ4v) is 2.74. The largest absolute Gasteiger partial charge is 0.469 e. The molecule has 0 aliphatic carbocycles. The van der Waals surface area contributed by atoms with E-state index >= 15 is 0 Å². The van der Waals surface area contributed by atoms with Gasteiger partial charge in [0.25, 0.3) is 0 Å². The molecule has 0 aromatic carbocycles. The maximum Gasteiger partial charge on any atom is 0.305 e. The first-order valence-corrected chi connectivity index (χ1v) is 9.53. The molecule has 0 aromatic heterocycles. The van der Waals surface area contributed by atoms with E-state index in [9.17, 15) is 15.0 Å². The van der Waals surface area contributed by atoms with Gasteiger partial charge in [-0.05, 0) is 32.1 Å². The van der Waals surface area contributed by atoms with Gasteiger partial charge in [0, 0.05) is 6.42 Å². The van der Waals surface area contributed by atoms with E-state index in [2.05, 4.69) is 4.74 Å². The number of hydrogen-bond acceptors (Lipinski definition) is 4. The Kier molecular flexibility index (Phi) is 15.8. The fraction of sp³-hybridized carbons (Fsp3) is 0.947. The monoisotopic (exact) mass is 330 g/mol. The molecule has 2 atom stereocenters. The van der Waals surface area contributed by atoms with Gasteiger partial charge in [0.1, 0.15) is 0 Å². The summed E-state index contributed by atoms with van der Waals surface area (Å²) in [5.41, 5.74) is 0. The van der Waals surface area contributed by atoms with E-state index in [1.165, 1.54) is 7.11 Å². The molecule has 0 aliphatic rings. The number of esters is 1. The Morgan fingerprint density at radius 3 is 1.70 bits per heavy atom. The van der Waals surface area contributed by atoms with Crippen molar-refractivity contribution in [1.29, 1.82) is 0 Å². The molecule has 0 rings (SSSR count). The molecular formula is C19H38O4. The van der Waals surface area contributed by atoms with Crippen molar-refractivity contribution in [3.8, 4) is 0 Å². The number of methoxy groups -OCH3 is 1. The molecule has 2 unspecified atom stereocenters. The molecule has 0 bridgehead atoms. The van der Waals surface area contributed by atoms with E-state index < -0.39 is 0 Å². The summed E-state index contributed by atoms with van der Waals surface area (Å²) in [4.78, 5) is 10.9. The molecule has 4 heteroatoms. The molecule has 0 aromatic rings. The van der Waals surface area contributed by atoms with Gasteiger partial charge in [-0.3, -0.25) is 4.79 Å². The topological polar surface area (TPSA) is 66.8 Å². The zero-order valence-corrected chi connectivity index (χ0v) is 15.3. The van der Waals surface area contributed by atoms with E-state index in [0.717, 1.165) is 83.5 Å². The molecule has 0 aliphatic heterocycles. The molecule has 138 valence electrons. The predicted octanol–water partition coefficient (Wildman–Crippen LogP) is 4.36. The maximum atomic E-state index is 10.9. The van der Waals surface area contributed by atoms with Gasteiger partial charge in [0.2, 0.25) is 0 Å². The third-order valence-corrected chi connectivity index (χ3v) is 4.44. The summed E-state index contributed by atoms with van der Waals surface area (Å²) in [6.07, 6.45) is 13.6. The minimum Gasteiger partial charge on any atom is -0.469 e. The predicted molar refractivity (Wildman–Crippen MR) is 94.3 cm³/mol. The lowest BCUT2D eigenvalue weighted by Gasteiger charge is -2.11. The molecule has 23 heavy (non-hydrogen) atoms. The summed E-state index contributed by atoms with van der Waals surface area (Å²) in [7, 11) is 1.43. The molecule has 0 amide bonds. The van der Waals surface area contributed by atoms with Crippen molar-refractivity contribution < 1.29 is 19.7 Å². The van der Waals surface area contributed by atoms with Crippen LogP contribution in [0.1, 0.15) is 96.8 Å². The lowest BCUT2D eigenvalue weighted by molar-refractivity contribution is -0.140. The second-order valence-electron chi connectivity index (χ2n) is 6.59. The van der Waals surface area contributed by atoms with Crippen LogP contribution in [0.2, 0.25) is 0 Å². The Labute approximate surface area is 142 Å². The number of aliphatic hydroxyl groups is 2. The van der Waals surface area contributed by atoms with Crippen LogP contribution < -0.4 is 0 Å². The Morgan fingerprint density at radius 1 is 0.783 bits per heavy atom. The maximum absolute atomic E-state index is 10.9. The van der Waals surface area contributed by atoms with Gasteiger partial charge in [-0.1, -0.05) is 58.3 Å². The zero-order chi connectivity index (χ0) is 17.3. The highest BCUT2D eigenvalue weighted by molar-refractivity contribution is 5.68. The van der Waals surface area contributed by atoms with Crippen molar-refractivity contribution >= 4 is 5.97 Å². The third kappa shape index (κ3) is 16.0. The van der Waals surface area contributed by atoms with E-state index in [0.29, 0.717) is 6.42 Å². The van der Waals surface area contributed by atoms with Crippen LogP contribution in [0.15, 0.2) is 0 Å². The average Bonchev–Trinajstić information content (AvgIpc) is 2.56. The summed E-state index contributed by atoms with van der Waals surface area (Å²) in [5, 5.41) is 19.4. The zero-order valence-electron chi connectivity index (χ0n) is 15.3. The average molecular weight is 331 g/mol. The summed E-state index contributed by atoms with van der Waals surface area (Å²) < 4.78 is 4.60. The lowest BCUT2D eigenvalue weighted by atomic mass is 10.0. The number of carbonyl (C=O) groups is 1. The van der Waals surface area contributed by atoms with Crippen molar-refractivity contribution in [2.24, 2.45) is 0 Å². The first kappa shape index (κ1) is 22.4. The molecule has 0 fully saturated rings. The number of rotatable bonds is 16. The van der Waals surface area contributed by atoms with Gasteiger partial charge in [-0.25, -0.2) is 0 Å². The standard InChI is InChI=1S/C19H38O4/c1-3-17(20)13-9-7-8-11-15-18(21)14-10-5-4-6-12-16-19(22)23-2/h17-18,20-21H,3-16H2,1-2H3. The summed E-state index contributed by atoms with van der Waals surface area (Å²) in [5.74, 6) is -0.121. The quantitative estimate of drug-likeness (QED) is 0.326. The van der Waals surface area contributed by atoms with E-state index in [-0.39, 0.29) is 18.2 Å². The first-order valence-electron chi connectivity index (χ1n) is 9.53. The SMILES string of the molecule is CCC(O)CCCCCCC(O)CCCCCCCC(=O)OC. The molecule has 0 saturated carbocycles. The van der Waals surface area contributed by atoms with Crippen molar-refractivity contribution in [2.75, 3.05) is 7.11 Å². The highest BCUT2D eigenvalue weighted by Gasteiger charge is 2.05. The van der Waals surface area contributed by atoms with E-state index in [4.69, 9.17) is 0 Å². The van der Waals surface area contributed by atoms with Crippen LogP contribution in [0, 0.1) is 0 Å². The van der Waals surface area contributed by atoms with Gasteiger partial charge in [0.15, 0.2) is 0 Å². The van der Waals surface area contributed by atoms with Crippen LogP contribution in [0.5, 0.6) is 0 Å². The third-order valence-electron chi connectivity index (χ3n) is 4.44. The van der Waals surface area contributed by atoms with Crippen LogP contribution in [0.4, 0.5) is 0 Å². The lowest BCUT2D eigenvalue weighted by Crippen LogP contribution is -2.06. The van der Waals surface area contributed by atoms with E-state index in [1.54, 1.807) is 0 Å². The molecule has 0 radical (unpaired) electrons. The van der Waals surface area contributed by atoms with Crippen molar-refractivity contribution in [1.82, 2.24) is 0 Å². The highest BCUT2D eigenvalue weighted by atomic mass is 16.5. The summed E-state index contributed by atoms with van der Waals surface area (Å²) in [6, 6.07) is 0. The minimum atomic E-state index is -0.161. The number of unbranched alkanes of at least 4 members (excludes halogenated alkanes) is 7. The first-order chi connectivity index (χ1) is 11.1. The second-order valence-corrected chi connectivity index (χ2v) is 6.59. The van der Waals surface area contributed by atoms with Crippen LogP contribution in [0.3, 0.4) is 0 Å². The molecule has 0 heterocycles. The molecule has 4 nitrogen and oxygen atoms in total. The molecular weight excluding hydrogens is 292 g/mol. The van der Waals surface area contributed by atoms with Gasteiger partial charge < -0.3 is 14.9 Å². The Morgan fingerprint density at radius 2 is 1.22 bits per heavy atom. The van der Waals surface area contributed by atoms with Crippen molar-refractivity contribution in [3.63, 3.8) is 0 Å². The van der Waals surface area contributed by atoms with Gasteiger partial charge in [0.05, 0.1) is 19.3 Å². The van der Waals surface area contributed by atoms with Crippen LogP contribution in [0.25, 0.3) is 0 Å². The number of hydrogen-bond donors (Lipinski definition) is 2.